The normalized spacial score (nSPS) is 13.9. The van der Waals surface area contributed by atoms with Crippen LogP contribution in [0.4, 0.5) is 0 Å². The highest BCUT2D eigenvalue weighted by atomic mass is 16.4. The second-order valence-electron chi connectivity index (χ2n) is 6.88. The van der Waals surface area contributed by atoms with Crippen molar-refractivity contribution in [1.29, 1.82) is 0 Å². The van der Waals surface area contributed by atoms with Crippen molar-refractivity contribution >= 4 is 5.91 Å². The number of amides is 1. The summed E-state index contributed by atoms with van der Waals surface area (Å²) >= 11 is 0. The lowest BCUT2D eigenvalue weighted by atomic mass is 10.1. The summed E-state index contributed by atoms with van der Waals surface area (Å²) in [5, 5.41) is 11.0. The minimum Gasteiger partial charge on any atom is -0.468 e. The molecule has 4 rings (SSSR count). The summed E-state index contributed by atoms with van der Waals surface area (Å²) in [6, 6.07) is 11.9. The Morgan fingerprint density at radius 1 is 1.15 bits per heavy atom. The van der Waals surface area contributed by atoms with E-state index in [2.05, 4.69) is 20.4 Å². The molecule has 140 valence electrons. The number of carbonyl (C=O) groups is 1. The van der Waals surface area contributed by atoms with E-state index >= 15 is 0 Å². The highest BCUT2D eigenvalue weighted by molar-refractivity contribution is 5.94. The standard InChI is InChI=1S/C20H22N4O3/c1-14-22-23-19(27-14)13-24(12-18-3-2-10-26-18)11-15-4-6-16(7-5-15)20(25)21-17-8-9-17/h2-7,10,17H,8-9,11-13H2,1H3,(H,21,25). The first kappa shape index (κ1) is 17.5. The van der Waals surface area contributed by atoms with Crippen LogP contribution in [0.1, 0.15) is 46.3 Å². The molecule has 2 heterocycles. The van der Waals surface area contributed by atoms with Gasteiger partial charge >= 0.3 is 0 Å². The molecule has 0 bridgehead atoms. The van der Waals surface area contributed by atoms with Crippen LogP contribution >= 0.6 is 0 Å². The minimum atomic E-state index is -0.00201. The third-order valence-corrected chi connectivity index (χ3v) is 4.42. The number of aromatic nitrogens is 2. The molecule has 0 aliphatic heterocycles. The summed E-state index contributed by atoms with van der Waals surface area (Å²) in [5.41, 5.74) is 1.79. The van der Waals surface area contributed by atoms with E-state index in [4.69, 9.17) is 8.83 Å². The highest BCUT2D eigenvalue weighted by Gasteiger charge is 2.23. The molecule has 1 aliphatic carbocycles. The second kappa shape index (κ2) is 7.75. The monoisotopic (exact) mass is 366 g/mol. The summed E-state index contributed by atoms with van der Waals surface area (Å²) in [4.78, 5) is 14.3. The van der Waals surface area contributed by atoms with E-state index in [1.165, 1.54) is 0 Å². The first-order chi connectivity index (χ1) is 13.2. The number of nitrogens with one attached hydrogen (secondary N) is 1. The van der Waals surface area contributed by atoms with Gasteiger partial charge in [0.2, 0.25) is 11.8 Å². The maximum atomic E-state index is 12.1. The van der Waals surface area contributed by atoms with Gasteiger partial charge in [-0.1, -0.05) is 12.1 Å². The Bertz CT molecular complexity index is 882. The van der Waals surface area contributed by atoms with Crippen molar-refractivity contribution in [2.45, 2.75) is 45.4 Å². The molecular formula is C20H22N4O3. The van der Waals surface area contributed by atoms with Gasteiger partial charge in [-0.15, -0.1) is 10.2 Å². The van der Waals surface area contributed by atoms with Crippen molar-refractivity contribution in [3.05, 3.63) is 71.3 Å². The lowest BCUT2D eigenvalue weighted by Gasteiger charge is -2.19. The smallest absolute Gasteiger partial charge is 0.251 e. The Hall–Kier alpha value is -2.93. The summed E-state index contributed by atoms with van der Waals surface area (Å²) < 4.78 is 11.0. The summed E-state index contributed by atoms with van der Waals surface area (Å²) in [7, 11) is 0. The van der Waals surface area contributed by atoms with E-state index in [1.807, 2.05) is 36.4 Å². The maximum Gasteiger partial charge on any atom is 0.251 e. The van der Waals surface area contributed by atoms with Crippen LogP contribution in [0.5, 0.6) is 0 Å². The molecule has 0 unspecified atom stereocenters. The van der Waals surface area contributed by atoms with E-state index in [0.717, 1.165) is 24.2 Å². The number of furan rings is 1. The fourth-order valence-electron chi connectivity index (χ4n) is 2.90. The van der Waals surface area contributed by atoms with E-state index in [9.17, 15) is 4.79 Å². The van der Waals surface area contributed by atoms with Crippen LogP contribution in [0.25, 0.3) is 0 Å². The molecule has 1 amide bonds. The van der Waals surface area contributed by atoms with Gasteiger partial charge in [0.25, 0.3) is 5.91 Å². The molecule has 27 heavy (non-hydrogen) atoms. The first-order valence-electron chi connectivity index (χ1n) is 9.09. The molecule has 0 atom stereocenters. The van der Waals surface area contributed by atoms with E-state index < -0.39 is 0 Å². The molecule has 1 aliphatic rings. The summed E-state index contributed by atoms with van der Waals surface area (Å²) in [5.74, 6) is 1.98. The second-order valence-corrected chi connectivity index (χ2v) is 6.88. The lowest BCUT2D eigenvalue weighted by Crippen LogP contribution is -2.25. The van der Waals surface area contributed by atoms with Gasteiger partial charge in [-0.3, -0.25) is 9.69 Å². The minimum absolute atomic E-state index is 0.00201. The van der Waals surface area contributed by atoms with Crippen LogP contribution in [0, 0.1) is 6.92 Å². The fraction of sp³-hybridized carbons (Fsp3) is 0.350. The number of nitrogens with zero attached hydrogens (tertiary/aromatic N) is 3. The van der Waals surface area contributed by atoms with Gasteiger partial charge in [-0.25, -0.2) is 0 Å². The third kappa shape index (κ3) is 4.83. The van der Waals surface area contributed by atoms with Gasteiger partial charge < -0.3 is 14.2 Å². The van der Waals surface area contributed by atoms with Crippen LogP contribution < -0.4 is 5.32 Å². The molecule has 1 fully saturated rings. The number of hydrogen-bond acceptors (Lipinski definition) is 6. The van der Waals surface area contributed by atoms with E-state index in [-0.39, 0.29) is 5.91 Å². The van der Waals surface area contributed by atoms with Crippen molar-refractivity contribution in [2.75, 3.05) is 0 Å². The average Bonchev–Trinajstić information content (AvgIpc) is 3.13. The fourth-order valence-corrected chi connectivity index (χ4v) is 2.90. The van der Waals surface area contributed by atoms with Crippen molar-refractivity contribution in [2.24, 2.45) is 0 Å². The molecule has 7 nitrogen and oxygen atoms in total. The van der Waals surface area contributed by atoms with Gasteiger partial charge in [-0.05, 0) is 42.7 Å². The van der Waals surface area contributed by atoms with Crippen molar-refractivity contribution in [3.8, 4) is 0 Å². The van der Waals surface area contributed by atoms with Crippen molar-refractivity contribution in [3.63, 3.8) is 0 Å². The Morgan fingerprint density at radius 3 is 2.59 bits per heavy atom. The summed E-state index contributed by atoms with van der Waals surface area (Å²) in [6.07, 6.45) is 3.83. The third-order valence-electron chi connectivity index (χ3n) is 4.42. The van der Waals surface area contributed by atoms with Crippen LogP contribution in [0.15, 0.2) is 51.5 Å². The highest BCUT2D eigenvalue weighted by Crippen LogP contribution is 2.20. The number of benzene rings is 1. The van der Waals surface area contributed by atoms with Crippen LogP contribution in [-0.2, 0) is 19.6 Å². The van der Waals surface area contributed by atoms with E-state index in [1.54, 1.807) is 13.2 Å². The Labute approximate surface area is 157 Å². The van der Waals surface area contributed by atoms with E-state index in [0.29, 0.717) is 43.0 Å². The Kier molecular flexibility index (Phi) is 5.02. The molecule has 2 aromatic heterocycles. The lowest BCUT2D eigenvalue weighted by molar-refractivity contribution is 0.0951. The zero-order valence-electron chi connectivity index (χ0n) is 15.2. The van der Waals surface area contributed by atoms with Crippen LogP contribution in [-0.4, -0.2) is 27.0 Å². The molecule has 0 radical (unpaired) electrons. The van der Waals surface area contributed by atoms with Crippen LogP contribution in [0.2, 0.25) is 0 Å². The molecule has 0 spiro atoms. The SMILES string of the molecule is Cc1nnc(CN(Cc2ccc(C(=O)NC3CC3)cc2)Cc2ccco2)o1. The molecule has 1 aromatic carbocycles. The number of hydrogen-bond donors (Lipinski definition) is 1. The quantitative estimate of drug-likeness (QED) is 0.660. The zero-order valence-corrected chi connectivity index (χ0v) is 15.2. The molecule has 1 N–H and O–H groups in total. The summed E-state index contributed by atoms with van der Waals surface area (Å²) in [6.45, 7) is 3.59. The van der Waals surface area contributed by atoms with Gasteiger partial charge in [-0.2, -0.15) is 0 Å². The van der Waals surface area contributed by atoms with Gasteiger partial charge in [0.1, 0.15) is 5.76 Å². The van der Waals surface area contributed by atoms with Gasteiger partial charge in [0.15, 0.2) is 0 Å². The van der Waals surface area contributed by atoms with Crippen molar-refractivity contribution in [1.82, 2.24) is 20.4 Å². The van der Waals surface area contributed by atoms with Gasteiger partial charge in [0.05, 0.1) is 19.4 Å². The predicted molar refractivity (Wildman–Crippen MR) is 97.6 cm³/mol. The Morgan fingerprint density at radius 2 is 1.96 bits per heavy atom. The number of carbonyl (C=O) groups excluding carboxylic acids is 1. The van der Waals surface area contributed by atoms with Gasteiger partial charge in [0, 0.05) is 25.1 Å². The zero-order chi connectivity index (χ0) is 18.6. The predicted octanol–water partition coefficient (Wildman–Crippen LogP) is 3.07. The van der Waals surface area contributed by atoms with Crippen molar-refractivity contribution < 1.29 is 13.6 Å². The average molecular weight is 366 g/mol. The maximum absolute atomic E-state index is 12.1. The van der Waals surface area contributed by atoms with Crippen LogP contribution in [0.3, 0.4) is 0 Å². The number of rotatable bonds is 8. The molecule has 0 saturated heterocycles. The largest absolute Gasteiger partial charge is 0.468 e. The molecule has 7 heteroatoms. The number of aryl methyl sites for hydroxylation is 1. The molecule has 1 saturated carbocycles. The molecular weight excluding hydrogens is 344 g/mol. The first-order valence-corrected chi connectivity index (χ1v) is 9.09. The Balaban J connectivity index is 1.43. The molecule has 3 aromatic rings. The topological polar surface area (TPSA) is 84.4 Å².